The van der Waals surface area contributed by atoms with Gasteiger partial charge < -0.3 is 9.47 Å². The molecule has 102 valence electrons. The van der Waals surface area contributed by atoms with E-state index in [1.165, 1.54) is 6.04 Å². The maximum absolute atomic E-state index is 6.17. The van der Waals surface area contributed by atoms with Gasteiger partial charge in [0.1, 0.15) is 5.72 Å². The Morgan fingerprint density at radius 2 is 2.17 bits per heavy atom. The highest BCUT2D eigenvalue weighted by molar-refractivity contribution is 6.80. The first-order valence-corrected chi connectivity index (χ1v) is 10.4. The van der Waals surface area contributed by atoms with Crippen LogP contribution in [0.25, 0.3) is 0 Å². The highest BCUT2D eigenvalue weighted by Gasteiger charge is 2.67. The molecule has 0 aromatic carbocycles. The minimum Gasteiger partial charge on any atom is -0.480 e. The second kappa shape index (κ2) is 4.05. The number of hydrogen-bond donors (Lipinski definition) is 1. The molecule has 4 nitrogen and oxygen atoms in total. The maximum Gasteiger partial charge on any atom is 0.201 e. The van der Waals surface area contributed by atoms with Gasteiger partial charge in [0.05, 0.1) is 26.8 Å². The van der Waals surface area contributed by atoms with Crippen LogP contribution in [0.1, 0.15) is 20.3 Å². The number of nitrogens with one attached hydrogen (secondary N) is 1. The molecule has 3 aliphatic heterocycles. The average Bonchev–Trinajstić information content (AvgIpc) is 2.72. The first-order chi connectivity index (χ1) is 8.53. The summed E-state index contributed by atoms with van der Waals surface area (Å²) in [6.07, 6.45) is 1.15. The summed E-state index contributed by atoms with van der Waals surface area (Å²) in [6, 6.07) is 1.77. The van der Waals surface area contributed by atoms with Gasteiger partial charge in [-0.1, -0.05) is 13.1 Å². The Balaban J connectivity index is 1.98. The van der Waals surface area contributed by atoms with Gasteiger partial charge in [-0.3, -0.25) is 5.32 Å². The van der Waals surface area contributed by atoms with Crippen LogP contribution in [0.3, 0.4) is 0 Å². The van der Waals surface area contributed by atoms with Crippen LogP contribution in [0.15, 0.2) is 4.99 Å². The number of nitrogens with zero attached hydrogens (tertiary/aromatic N) is 1. The number of hydrogen-bond acceptors (Lipinski definition) is 4. The van der Waals surface area contributed by atoms with Gasteiger partial charge in [0.25, 0.3) is 0 Å². The van der Waals surface area contributed by atoms with Crippen molar-refractivity contribution in [1.29, 1.82) is 0 Å². The van der Waals surface area contributed by atoms with Gasteiger partial charge >= 0.3 is 0 Å². The van der Waals surface area contributed by atoms with E-state index in [1.807, 2.05) is 6.92 Å². The molecule has 0 unspecified atom stereocenters. The lowest BCUT2D eigenvalue weighted by molar-refractivity contribution is -0.0638. The fourth-order valence-corrected chi connectivity index (χ4v) is 8.24. The fourth-order valence-electron chi connectivity index (χ4n) is 4.17. The van der Waals surface area contributed by atoms with Crippen LogP contribution in [-0.4, -0.2) is 45.0 Å². The Kier molecular flexibility index (Phi) is 2.84. The van der Waals surface area contributed by atoms with E-state index in [0.717, 1.165) is 18.9 Å². The van der Waals surface area contributed by atoms with Gasteiger partial charge in [-0.2, -0.15) is 0 Å². The van der Waals surface area contributed by atoms with Gasteiger partial charge in [-0.25, -0.2) is 4.99 Å². The molecule has 3 rings (SSSR count). The largest absolute Gasteiger partial charge is 0.480 e. The molecule has 4 atom stereocenters. The summed E-state index contributed by atoms with van der Waals surface area (Å²) in [5.41, 5.74) is 0.497. The Hall–Kier alpha value is -0.393. The van der Waals surface area contributed by atoms with E-state index >= 15 is 0 Å². The molecular weight excluding hydrogens is 244 g/mol. The van der Waals surface area contributed by atoms with E-state index in [9.17, 15) is 0 Å². The summed E-state index contributed by atoms with van der Waals surface area (Å²) < 4.78 is 11.9. The summed E-state index contributed by atoms with van der Waals surface area (Å²) in [6.45, 7) is 10.5. The van der Waals surface area contributed by atoms with Gasteiger partial charge in [0.2, 0.25) is 5.90 Å². The van der Waals surface area contributed by atoms with Gasteiger partial charge in [-0.05, 0) is 26.3 Å². The Labute approximate surface area is 110 Å². The van der Waals surface area contributed by atoms with Crippen LogP contribution in [0, 0.1) is 0 Å². The average molecular weight is 268 g/mol. The van der Waals surface area contributed by atoms with Gasteiger partial charge in [0, 0.05) is 12.1 Å². The minimum absolute atomic E-state index is 0.171. The van der Waals surface area contributed by atoms with Crippen molar-refractivity contribution in [3.05, 3.63) is 0 Å². The van der Waals surface area contributed by atoms with Crippen LogP contribution in [0.2, 0.25) is 24.7 Å². The molecule has 1 N–H and O–H groups in total. The molecule has 0 spiro atoms. The second-order valence-corrected chi connectivity index (χ2v) is 11.4. The van der Waals surface area contributed by atoms with Crippen molar-refractivity contribution in [1.82, 2.24) is 5.32 Å². The number of rotatable bonds is 3. The fraction of sp³-hybridized carbons (Fsp3) is 0.923. The molecule has 5 heteroatoms. The molecule has 3 heterocycles. The molecule has 0 saturated carbocycles. The van der Waals surface area contributed by atoms with Crippen molar-refractivity contribution in [3.8, 4) is 0 Å². The summed E-state index contributed by atoms with van der Waals surface area (Å²) in [7, 11) is -1.24. The van der Waals surface area contributed by atoms with E-state index in [4.69, 9.17) is 14.5 Å². The zero-order valence-electron chi connectivity index (χ0n) is 11.8. The molecule has 0 radical (unpaired) electrons. The molecule has 0 amide bonds. The Morgan fingerprint density at radius 3 is 2.83 bits per heavy atom. The third kappa shape index (κ3) is 1.53. The smallest absolute Gasteiger partial charge is 0.201 e. The van der Waals surface area contributed by atoms with E-state index in [0.29, 0.717) is 12.1 Å². The predicted molar refractivity (Wildman–Crippen MR) is 74.8 cm³/mol. The second-order valence-electron chi connectivity index (χ2n) is 6.32. The lowest BCUT2D eigenvalue weighted by Crippen LogP contribution is -2.58. The first-order valence-electron chi connectivity index (χ1n) is 7.15. The summed E-state index contributed by atoms with van der Waals surface area (Å²) in [5.74, 6) is 0.921. The van der Waals surface area contributed by atoms with E-state index in [-0.39, 0.29) is 17.8 Å². The third-order valence-electron chi connectivity index (χ3n) is 4.80. The van der Waals surface area contributed by atoms with Crippen LogP contribution in [0.5, 0.6) is 0 Å². The third-order valence-corrected chi connectivity index (χ3v) is 8.79. The molecule has 2 fully saturated rings. The monoisotopic (exact) mass is 268 g/mol. The molecule has 3 aliphatic rings. The Morgan fingerprint density at radius 1 is 1.39 bits per heavy atom. The van der Waals surface area contributed by atoms with E-state index in [1.54, 1.807) is 0 Å². The molecule has 2 bridgehead atoms. The van der Waals surface area contributed by atoms with Crippen LogP contribution < -0.4 is 5.32 Å². The summed E-state index contributed by atoms with van der Waals surface area (Å²) in [5, 5.41) is 3.71. The minimum atomic E-state index is -1.24. The normalized spacial score (nSPS) is 44.0. The molecule has 0 aromatic heterocycles. The van der Waals surface area contributed by atoms with Gasteiger partial charge in [0.15, 0.2) is 0 Å². The summed E-state index contributed by atoms with van der Waals surface area (Å²) >= 11 is 0. The van der Waals surface area contributed by atoms with Crippen LogP contribution in [-0.2, 0) is 9.47 Å². The van der Waals surface area contributed by atoms with Crippen molar-refractivity contribution in [2.45, 2.75) is 62.8 Å². The zero-order chi connectivity index (χ0) is 13.0. The van der Waals surface area contributed by atoms with Crippen molar-refractivity contribution < 1.29 is 9.47 Å². The van der Waals surface area contributed by atoms with Crippen molar-refractivity contribution in [2.24, 2.45) is 4.99 Å². The lowest BCUT2D eigenvalue weighted by Gasteiger charge is -2.38. The van der Waals surface area contributed by atoms with Crippen LogP contribution in [0.4, 0.5) is 0 Å². The van der Waals surface area contributed by atoms with Crippen molar-refractivity contribution in [2.75, 3.05) is 13.2 Å². The molecule has 2 saturated heterocycles. The standard InChI is InChI=1S/C13H24N2O2Si/c1-5-16-12-9-7-11-13(15-9,17-6-2)10(14-12)8-18(11,3)4/h9-11,15H,5-8H2,1-4H3/t9-,10-,11-,13+/m1/s1. The quantitative estimate of drug-likeness (QED) is 0.796. The topological polar surface area (TPSA) is 42.8 Å². The van der Waals surface area contributed by atoms with Crippen molar-refractivity contribution in [3.63, 3.8) is 0 Å². The molecular formula is C13H24N2O2Si. The SMILES string of the molecule is CCOC1=N[C@@H]2C[Si](C)(C)[C@@H]3C[C@H]1N[C@@]32OCC. The zero-order valence-corrected chi connectivity index (χ0v) is 12.8. The first kappa shape index (κ1) is 12.6. The Bertz CT molecular complexity index is 385. The predicted octanol–water partition coefficient (Wildman–Crippen LogP) is 1.99. The van der Waals surface area contributed by atoms with E-state index in [2.05, 4.69) is 25.3 Å². The maximum atomic E-state index is 6.17. The molecule has 18 heavy (non-hydrogen) atoms. The van der Waals surface area contributed by atoms with Gasteiger partial charge in [-0.15, -0.1) is 0 Å². The number of ether oxygens (including phenoxy) is 2. The summed E-state index contributed by atoms with van der Waals surface area (Å²) in [4.78, 5) is 4.88. The lowest BCUT2D eigenvalue weighted by atomic mass is 10.0. The highest BCUT2D eigenvalue weighted by Crippen LogP contribution is 2.57. The molecule has 0 aliphatic carbocycles. The molecule has 0 aromatic rings. The number of fused-ring (bicyclic) bond motifs is 1. The van der Waals surface area contributed by atoms with E-state index < -0.39 is 8.07 Å². The van der Waals surface area contributed by atoms with Crippen LogP contribution >= 0.6 is 0 Å². The van der Waals surface area contributed by atoms with Crippen molar-refractivity contribution >= 4 is 14.0 Å². The number of aliphatic imine (C=N–C) groups is 1. The highest BCUT2D eigenvalue weighted by atomic mass is 28.3.